The van der Waals surface area contributed by atoms with E-state index in [9.17, 15) is 4.79 Å². The summed E-state index contributed by atoms with van der Waals surface area (Å²) in [7, 11) is 0. The van der Waals surface area contributed by atoms with Crippen LogP contribution in [0.25, 0.3) is 0 Å². The van der Waals surface area contributed by atoms with Crippen molar-refractivity contribution in [3.05, 3.63) is 0 Å². The van der Waals surface area contributed by atoms with Gasteiger partial charge in [-0.05, 0) is 45.2 Å². The summed E-state index contributed by atoms with van der Waals surface area (Å²) in [6, 6.07) is 0.495. The third kappa shape index (κ3) is 2.41. The molecule has 1 aliphatic carbocycles. The fourth-order valence-electron chi connectivity index (χ4n) is 3.69. The summed E-state index contributed by atoms with van der Waals surface area (Å²) in [5, 5.41) is 3.43. The molecule has 2 aliphatic heterocycles. The van der Waals surface area contributed by atoms with Crippen LogP contribution in [-0.2, 0) is 9.53 Å². The van der Waals surface area contributed by atoms with Crippen molar-refractivity contribution in [1.29, 1.82) is 0 Å². The number of rotatable bonds is 1. The first kappa shape index (κ1) is 12.4. The minimum Gasteiger partial charge on any atom is -0.363 e. The Balaban J connectivity index is 1.71. The Morgan fingerprint density at radius 2 is 2.00 bits per heavy atom. The molecule has 0 aromatic heterocycles. The van der Waals surface area contributed by atoms with E-state index in [1.807, 2.05) is 0 Å². The first-order chi connectivity index (χ1) is 8.79. The van der Waals surface area contributed by atoms with Crippen molar-refractivity contribution < 1.29 is 9.53 Å². The van der Waals surface area contributed by atoms with Crippen LogP contribution in [-0.4, -0.2) is 48.7 Å². The van der Waals surface area contributed by atoms with Gasteiger partial charge in [-0.25, -0.2) is 0 Å². The first-order valence-corrected chi connectivity index (χ1v) is 7.43. The minimum absolute atomic E-state index is 0.0556. The van der Waals surface area contributed by atoms with E-state index in [0.717, 1.165) is 38.9 Å². The maximum absolute atomic E-state index is 12.1. The SMILES string of the molecule is O=C1COC2(CCCNCC2)CN1C1CCCC1. The maximum atomic E-state index is 12.1. The van der Waals surface area contributed by atoms with Gasteiger partial charge in [0.05, 0.1) is 12.1 Å². The van der Waals surface area contributed by atoms with E-state index in [1.165, 1.54) is 25.7 Å². The smallest absolute Gasteiger partial charge is 0.248 e. The van der Waals surface area contributed by atoms with E-state index in [2.05, 4.69) is 10.2 Å². The Labute approximate surface area is 109 Å². The molecule has 1 saturated carbocycles. The number of carbonyl (C=O) groups is 1. The number of hydrogen-bond donors (Lipinski definition) is 1. The molecule has 3 rings (SSSR count). The summed E-state index contributed by atoms with van der Waals surface area (Å²) < 4.78 is 5.96. The second kappa shape index (κ2) is 5.17. The van der Waals surface area contributed by atoms with Crippen LogP contribution in [0.1, 0.15) is 44.9 Å². The quantitative estimate of drug-likeness (QED) is 0.765. The molecule has 4 heteroatoms. The highest BCUT2D eigenvalue weighted by Crippen LogP contribution is 2.33. The van der Waals surface area contributed by atoms with Gasteiger partial charge in [0, 0.05) is 6.04 Å². The normalized spacial score (nSPS) is 35.1. The monoisotopic (exact) mass is 252 g/mol. The molecule has 1 unspecified atom stereocenters. The number of amides is 1. The Morgan fingerprint density at radius 1 is 1.17 bits per heavy atom. The average molecular weight is 252 g/mol. The van der Waals surface area contributed by atoms with E-state index < -0.39 is 0 Å². The van der Waals surface area contributed by atoms with E-state index in [4.69, 9.17) is 4.74 Å². The van der Waals surface area contributed by atoms with E-state index >= 15 is 0 Å². The molecule has 0 aromatic carbocycles. The molecule has 0 aromatic rings. The lowest BCUT2D eigenvalue weighted by atomic mass is 9.91. The number of ether oxygens (including phenoxy) is 1. The zero-order chi connectivity index (χ0) is 12.4. The number of nitrogens with one attached hydrogen (secondary N) is 1. The Kier molecular flexibility index (Phi) is 3.57. The first-order valence-electron chi connectivity index (χ1n) is 7.43. The molecule has 0 radical (unpaired) electrons. The number of morpholine rings is 1. The van der Waals surface area contributed by atoms with Crippen LogP contribution >= 0.6 is 0 Å². The Bertz CT molecular complexity index is 305. The van der Waals surface area contributed by atoms with Crippen LogP contribution in [0.3, 0.4) is 0 Å². The molecule has 3 fully saturated rings. The van der Waals surface area contributed by atoms with Gasteiger partial charge in [-0.3, -0.25) is 4.79 Å². The van der Waals surface area contributed by atoms with Gasteiger partial charge in [-0.15, -0.1) is 0 Å². The van der Waals surface area contributed by atoms with Gasteiger partial charge in [-0.1, -0.05) is 12.8 Å². The van der Waals surface area contributed by atoms with Crippen molar-refractivity contribution in [3.63, 3.8) is 0 Å². The van der Waals surface area contributed by atoms with Crippen LogP contribution in [0.15, 0.2) is 0 Å². The van der Waals surface area contributed by atoms with Crippen LogP contribution in [0.2, 0.25) is 0 Å². The Hall–Kier alpha value is -0.610. The van der Waals surface area contributed by atoms with Crippen LogP contribution in [0.5, 0.6) is 0 Å². The van der Waals surface area contributed by atoms with Gasteiger partial charge < -0.3 is 15.0 Å². The topological polar surface area (TPSA) is 41.6 Å². The van der Waals surface area contributed by atoms with E-state index in [0.29, 0.717) is 12.6 Å². The maximum Gasteiger partial charge on any atom is 0.248 e. The van der Waals surface area contributed by atoms with Crippen LogP contribution in [0.4, 0.5) is 0 Å². The van der Waals surface area contributed by atoms with Crippen molar-refractivity contribution in [2.75, 3.05) is 26.2 Å². The molecular formula is C14H24N2O2. The molecule has 2 saturated heterocycles. The van der Waals surface area contributed by atoms with Gasteiger partial charge in [0.1, 0.15) is 6.61 Å². The second-order valence-electron chi connectivity index (χ2n) is 6.04. The molecule has 3 aliphatic rings. The third-order valence-electron chi connectivity index (χ3n) is 4.79. The lowest BCUT2D eigenvalue weighted by Gasteiger charge is -2.44. The van der Waals surface area contributed by atoms with Gasteiger partial charge in [-0.2, -0.15) is 0 Å². The zero-order valence-corrected chi connectivity index (χ0v) is 11.1. The lowest BCUT2D eigenvalue weighted by Crippen LogP contribution is -2.57. The standard InChI is InChI=1S/C14H24N2O2/c17-13-10-18-14(6-3-8-15-9-7-14)11-16(13)12-4-1-2-5-12/h12,15H,1-11H2. The van der Waals surface area contributed by atoms with Gasteiger partial charge in [0.2, 0.25) is 5.91 Å². The van der Waals surface area contributed by atoms with Gasteiger partial charge in [0.15, 0.2) is 0 Å². The molecule has 1 amide bonds. The van der Waals surface area contributed by atoms with Crippen molar-refractivity contribution in [1.82, 2.24) is 10.2 Å². The van der Waals surface area contributed by atoms with Crippen molar-refractivity contribution in [2.45, 2.75) is 56.6 Å². The summed E-state index contributed by atoms with van der Waals surface area (Å²) in [5.74, 6) is 0.213. The summed E-state index contributed by atoms with van der Waals surface area (Å²) in [6.07, 6.45) is 8.25. The lowest BCUT2D eigenvalue weighted by molar-refractivity contribution is -0.169. The highest BCUT2D eigenvalue weighted by atomic mass is 16.5. The van der Waals surface area contributed by atoms with Crippen LogP contribution in [0, 0.1) is 0 Å². The summed E-state index contributed by atoms with van der Waals surface area (Å²) in [5.41, 5.74) is -0.0556. The summed E-state index contributed by atoms with van der Waals surface area (Å²) >= 11 is 0. The molecule has 102 valence electrons. The van der Waals surface area contributed by atoms with E-state index in [-0.39, 0.29) is 11.5 Å². The fraction of sp³-hybridized carbons (Fsp3) is 0.929. The molecule has 1 atom stereocenters. The Morgan fingerprint density at radius 3 is 2.83 bits per heavy atom. The van der Waals surface area contributed by atoms with Crippen molar-refractivity contribution in [3.8, 4) is 0 Å². The van der Waals surface area contributed by atoms with E-state index in [1.54, 1.807) is 0 Å². The molecular weight excluding hydrogens is 228 g/mol. The molecule has 2 heterocycles. The fourth-order valence-corrected chi connectivity index (χ4v) is 3.69. The molecule has 18 heavy (non-hydrogen) atoms. The molecule has 4 nitrogen and oxygen atoms in total. The number of nitrogens with zero attached hydrogens (tertiary/aromatic N) is 1. The second-order valence-corrected chi connectivity index (χ2v) is 6.04. The van der Waals surface area contributed by atoms with Crippen molar-refractivity contribution in [2.24, 2.45) is 0 Å². The number of carbonyl (C=O) groups excluding carboxylic acids is 1. The molecule has 1 spiro atoms. The summed E-state index contributed by atoms with van der Waals surface area (Å²) in [4.78, 5) is 14.2. The highest BCUT2D eigenvalue weighted by molar-refractivity contribution is 5.78. The van der Waals surface area contributed by atoms with Crippen molar-refractivity contribution >= 4 is 5.91 Å². The van der Waals surface area contributed by atoms with Crippen LogP contribution < -0.4 is 5.32 Å². The predicted octanol–water partition coefficient (Wildman–Crippen LogP) is 1.30. The van der Waals surface area contributed by atoms with Gasteiger partial charge in [0.25, 0.3) is 0 Å². The molecule has 0 bridgehead atoms. The minimum atomic E-state index is -0.0556. The predicted molar refractivity (Wildman–Crippen MR) is 69.4 cm³/mol. The number of hydrogen-bond acceptors (Lipinski definition) is 3. The third-order valence-corrected chi connectivity index (χ3v) is 4.79. The average Bonchev–Trinajstić information content (AvgIpc) is 2.81. The van der Waals surface area contributed by atoms with Gasteiger partial charge >= 0.3 is 0 Å². The zero-order valence-electron chi connectivity index (χ0n) is 11.1. The highest BCUT2D eigenvalue weighted by Gasteiger charge is 2.42. The summed E-state index contributed by atoms with van der Waals surface area (Å²) in [6.45, 7) is 3.24. The largest absolute Gasteiger partial charge is 0.363 e. The molecule has 1 N–H and O–H groups in total.